The van der Waals surface area contributed by atoms with Crippen LogP contribution in [0.25, 0.3) is 0 Å². The van der Waals surface area contributed by atoms with Crippen molar-refractivity contribution in [1.29, 1.82) is 0 Å². The third-order valence-corrected chi connectivity index (χ3v) is 4.06. The van der Waals surface area contributed by atoms with E-state index in [1.54, 1.807) is 0 Å². The largest absolute Gasteiger partial charge is 0.0885 e. The van der Waals surface area contributed by atoms with Crippen molar-refractivity contribution < 1.29 is 0 Å². The molecule has 0 fully saturated rings. The van der Waals surface area contributed by atoms with E-state index in [0.29, 0.717) is 0 Å². The minimum absolute atomic E-state index is 0.914. The molecule has 0 aliphatic heterocycles. The van der Waals surface area contributed by atoms with Crippen LogP contribution in [-0.2, 0) is 0 Å². The van der Waals surface area contributed by atoms with Gasteiger partial charge in [0, 0.05) is 0 Å². The highest BCUT2D eigenvalue weighted by molar-refractivity contribution is 4.84. The summed E-state index contributed by atoms with van der Waals surface area (Å²) in [7, 11) is 0. The molecule has 0 radical (unpaired) electrons. The van der Waals surface area contributed by atoms with E-state index in [1.807, 2.05) is 0 Å². The van der Waals surface area contributed by atoms with Crippen LogP contribution in [0.2, 0.25) is 0 Å². The molecule has 0 aliphatic rings. The number of rotatable bonds is 12. The Labute approximate surface area is 116 Å². The van der Waals surface area contributed by atoms with Crippen molar-refractivity contribution in [3.05, 3.63) is 12.2 Å². The van der Waals surface area contributed by atoms with Gasteiger partial charge in [-0.1, -0.05) is 84.8 Å². The van der Waals surface area contributed by atoms with E-state index in [-0.39, 0.29) is 0 Å². The lowest BCUT2D eigenvalue weighted by atomic mass is 9.95. The van der Waals surface area contributed by atoms with Crippen LogP contribution < -0.4 is 0 Å². The molecule has 0 aromatic heterocycles. The van der Waals surface area contributed by atoms with Gasteiger partial charge in [-0.3, -0.25) is 0 Å². The van der Waals surface area contributed by atoms with Crippen LogP contribution >= 0.6 is 0 Å². The Kier molecular flexibility index (Phi) is 13.0. The van der Waals surface area contributed by atoms with Gasteiger partial charge in [-0.15, -0.1) is 0 Å². The standard InChI is InChI=1S/C18H36/c1-5-8-13-17(4)14-11-10-12-16-18(7-3)15-9-6-2/h10,12,17-18H,5-9,11,13-16H2,1-4H3/b12-10+. The van der Waals surface area contributed by atoms with Gasteiger partial charge >= 0.3 is 0 Å². The van der Waals surface area contributed by atoms with Gasteiger partial charge in [0.1, 0.15) is 0 Å². The molecule has 0 N–H and O–H groups in total. The number of hydrogen-bond acceptors (Lipinski definition) is 0. The van der Waals surface area contributed by atoms with Crippen LogP contribution in [0.4, 0.5) is 0 Å². The molecule has 0 aromatic carbocycles. The minimum atomic E-state index is 0.914. The second-order valence-electron chi connectivity index (χ2n) is 5.95. The van der Waals surface area contributed by atoms with Gasteiger partial charge in [-0.2, -0.15) is 0 Å². The van der Waals surface area contributed by atoms with Crippen molar-refractivity contribution in [2.75, 3.05) is 0 Å². The summed E-state index contributed by atoms with van der Waals surface area (Å²) >= 11 is 0. The lowest BCUT2D eigenvalue weighted by Crippen LogP contribution is -1.97. The maximum atomic E-state index is 2.44. The van der Waals surface area contributed by atoms with Crippen molar-refractivity contribution in [3.63, 3.8) is 0 Å². The van der Waals surface area contributed by atoms with E-state index in [1.165, 1.54) is 64.2 Å². The van der Waals surface area contributed by atoms with E-state index in [2.05, 4.69) is 39.8 Å². The highest BCUT2D eigenvalue weighted by Crippen LogP contribution is 2.18. The van der Waals surface area contributed by atoms with E-state index in [0.717, 1.165) is 11.8 Å². The minimum Gasteiger partial charge on any atom is -0.0885 e. The molecule has 2 unspecified atom stereocenters. The first-order valence-corrected chi connectivity index (χ1v) is 8.39. The molecule has 0 saturated heterocycles. The summed E-state index contributed by atoms with van der Waals surface area (Å²) < 4.78 is 0. The summed E-state index contributed by atoms with van der Waals surface area (Å²) in [6.07, 6.45) is 18.5. The van der Waals surface area contributed by atoms with E-state index >= 15 is 0 Å². The second kappa shape index (κ2) is 13.2. The average molecular weight is 252 g/mol. The normalized spacial score (nSPS) is 15.1. The molecule has 108 valence electrons. The molecule has 0 nitrogen and oxygen atoms in total. The zero-order chi connectivity index (χ0) is 13.6. The molecule has 0 amide bonds. The highest BCUT2D eigenvalue weighted by atomic mass is 14.1. The third-order valence-electron chi connectivity index (χ3n) is 4.06. The zero-order valence-corrected chi connectivity index (χ0v) is 13.4. The first-order valence-electron chi connectivity index (χ1n) is 8.39. The van der Waals surface area contributed by atoms with Crippen molar-refractivity contribution >= 4 is 0 Å². The molecule has 0 spiro atoms. The zero-order valence-electron chi connectivity index (χ0n) is 13.4. The molecule has 0 aliphatic carbocycles. The molecule has 0 heteroatoms. The summed E-state index contributed by atoms with van der Waals surface area (Å²) in [5.74, 6) is 1.84. The van der Waals surface area contributed by atoms with Crippen molar-refractivity contribution in [2.45, 2.75) is 91.9 Å². The van der Waals surface area contributed by atoms with Crippen LogP contribution in [0.15, 0.2) is 12.2 Å². The van der Waals surface area contributed by atoms with Crippen LogP contribution in [0.3, 0.4) is 0 Å². The quantitative estimate of drug-likeness (QED) is 0.337. The smallest absolute Gasteiger partial charge is 0.0322 e. The van der Waals surface area contributed by atoms with Gasteiger partial charge < -0.3 is 0 Å². The summed E-state index contributed by atoms with van der Waals surface area (Å²) in [5, 5.41) is 0. The summed E-state index contributed by atoms with van der Waals surface area (Å²) in [5.41, 5.74) is 0. The Morgan fingerprint density at radius 2 is 1.50 bits per heavy atom. The van der Waals surface area contributed by atoms with Crippen molar-refractivity contribution in [2.24, 2.45) is 11.8 Å². The number of hydrogen-bond donors (Lipinski definition) is 0. The van der Waals surface area contributed by atoms with Crippen LogP contribution in [-0.4, -0.2) is 0 Å². The first kappa shape index (κ1) is 17.7. The maximum Gasteiger partial charge on any atom is -0.0322 e. The predicted molar refractivity (Wildman–Crippen MR) is 85.0 cm³/mol. The van der Waals surface area contributed by atoms with Gasteiger partial charge in [0.05, 0.1) is 0 Å². The van der Waals surface area contributed by atoms with Gasteiger partial charge in [0.2, 0.25) is 0 Å². The molecular formula is C18H36. The van der Waals surface area contributed by atoms with Gasteiger partial charge in [-0.25, -0.2) is 0 Å². The SMILES string of the molecule is CCCCC(C)CC/C=C/CC(CC)CCCC. The predicted octanol–water partition coefficient (Wildman–Crippen LogP) is 6.76. The van der Waals surface area contributed by atoms with E-state index in [4.69, 9.17) is 0 Å². The topological polar surface area (TPSA) is 0 Å². The van der Waals surface area contributed by atoms with Gasteiger partial charge in [0.25, 0.3) is 0 Å². The van der Waals surface area contributed by atoms with Crippen molar-refractivity contribution in [1.82, 2.24) is 0 Å². The van der Waals surface area contributed by atoms with Crippen LogP contribution in [0, 0.1) is 11.8 Å². The fourth-order valence-corrected chi connectivity index (χ4v) is 2.47. The fourth-order valence-electron chi connectivity index (χ4n) is 2.47. The fraction of sp³-hybridized carbons (Fsp3) is 0.889. The monoisotopic (exact) mass is 252 g/mol. The molecule has 0 heterocycles. The Hall–Kier alpha value is -0.260. The Balaban J connectivity index is 3.56. The molecular weight excluding hydrogens is 216 g/mol. The summed E-state index contributed by atoms with van der Waals surface area (Å²) in [6, 6.07) is 0. The molecule has 0 rings (SSSR count). The lowest BCUT2D eigenvalue weighted by molar-refractivity contribution is 0.454. The molecule has 2 atom stereocenters. The third kappa shape index (κ3) is 10.9. The molecule has 0 aromatic rings. The Morgan fingerprint density at radius 1 is 0.833 bits per heavy atom. The van der Waals surface area contributed by atoms with Crippen LogP contribution in [0.1, 0.15) is 91.9 Å². The van der Waals surface area contributed by atoms with E-state index in [9.17, 15) is 0 Å². The number of unbranched alkanes of at least 4 members (excludes halogenated alkanes) is 2. The molecule has 0 bridgehead atoms. The second-order valence-corrected chi connectivity index (χ2v) is 5.95. The Bertz CT molecular complexity index is 180. The van der Waals surface area contributed by atoms with Gasteiger partial charge in [0.15, 0.2) is 0 Å². The van der Waals surface area contributed by atoms with Crippen molar-refractivity contribution in [3.8, 4) is 0 Å². The average Bonchev–Trinajstić information content (AvgIpc) is 2.39. The molecule has 18 heavy (non-hydrogen) atoms. The maximum absolute atomic E-state index is 2.44. The van der Waals surface area contributed by atoms with E-state index < -0.39 is 0 Å². The first-order chi connectivity index (χ1) is 8.74. The summed E-state index contributed by atoms with van der Waals surface area (Å²) in [6.45, 7) is 9.31. The highest BCUT2D eigenvalue weighted by Gasteiger charge is 2.03. The molecule has 0 saturated carbocycles. The number of allylic oxidation sites excluding steroid dienone is 2. The summed E-state index contributed by atoms with van der Waals surface area (Å²) in [4.78, 5) is 0. The van der Waals surface area contributed by atoms with Crippen LogP contribution in [0.5, 0.6) is 0 Å². The van der Waals surface area contributed by atoms with Gasteiger partial charge in [-0.05, 0) is 31.1 Å². The Morgan fingerprint density at radius 3 is 2.11 bits per heavy atom. The lowest BCUT2D eigenvalue weighted by Gasteiger charge is -2.11.